The van der Waals surface area contributed by atoms with Gasteiger partial charge in [-0.15, -0.1) is 0 Å². The van der Waals surface area contributed by atoms with Gasteiger partial charge in [0.15, 0.2) is 0 Å². The zero-order valence-corrected chi connectivity index (χ0v) is 11.1. The Hall–Kier alpha value is -2.37. The zero-order chi connectivity index (χ0) is 14.4. The first-order valence-electron chi connectivity index (χ1n) is 6.31. The van der Waals surface area contributed by atoms with Gasteiger partial charge in [0, 0.05) is 11.8 Å². The molecule has 106 valence electrons. The highest BCUT2D eigenvalue weighted by Crippen LogP contribution is 2.12. The van der Waals surface area contributed by atoms with Crippen molar-refractivity contribution < 1.29 is 13.9 Å². The van der Waals surface area contributed by atoms with E-state index >= 15 is 0 Å². The summed E-state index contributed by atoms with van der Waals surface area (Å²) in [5.74, 6) is 0.118. The minimum Gasteiger partial charge on any atom is -0.493 e. The normalized spacial score (nSPS) is 11.9. The molecule has 1 aromatic carbocycles. The number of nitrogens with one attached hydrogen (secondary N) is 2. The Balaban J connectivity index is 1.71. The molecule has 1 aromatic heterocycles. The molecular weight excluding hydrogens is 261 g/mol. The molecule has 5 nitrogen and oxygen atoms in total. The molecule has 0 bridgehead atoms. The molecule has 2 rings (SSSR count). The van der Waals surface area contributed by atoms with E-state index in [0.29, 0.717) is 5.75 Å². The summed E-state index contributed by atoms with van der Waals surface area (Å²) < 4.78 is 18.0. The van der Waals surface area contributed by atoms with E-state index < -0.39 is 0 Å². The van der Waals surface area contributed by atoms with Crippen LogP contribution >= 0.6 is 0 Å². The molecule has 0 aliphatic heterocycles. The zero-order valence-electron chi connectivity index (χ0n) is 11.1. The number of benzene rings is 1. The van der Waals surface area contributed by atoms with Crippen molar-refractivity contribution in [3.63, 3.8) is 0 Å². The Labute approximate surface area is 116 Å². The fraction of sp³-hybridized carbons (Fsp3) is 0.286. The maximum atomic E-state index is 12.7. The lowest BCUT2D eigenvalue weighted by Crippen LogP contribution is -2.27. The second-order valence-electron chi connectivity index (χ2n) is 4.37. The third-order valence-corrected chi connectivity index (χ3v) is 2.81. The Kier molecular flexibility index (Phi) is 4.70. The molecule has 1 atom stereocenters. The summed E-state index contributed by atoms with van der Waals surface area (Å²) in [6, 6.07) is 5.59. The number of hydrogen-bond acceptors (Lipinski definition) is 3. The van der Waals surface area contributed by atoms with Gasteiger partial charge < -0.3 is 10.1 Å². The number of hydrogen-bond donors (Lipinski definition) is 2. The molecule has 0 fully saturated rings. The van der Waals surface area contributed by atoms with Crippen LogP contribution in [0, 0.1) is 5.82 Å². The maximum absolute atomic E-state index is 12.7. The van der Waals surface area contributed by atoms with Gasteiger partial charge in [-0.3, -0.25) is 9.89 Å². The highest BCUT2D eigenvalue weighted by Gasteiger charge is 2.10. The van der Waals surface area contributed by atoms with E-state index in [1.165, 1.54) is 24.3 Å². The Morgan fingerprint density at radius 3 is 2.85 bits per heavy atom. The van der Waals surface area contributed by atoms with E-state index in [4.69, 9.17) is 4.74 Å². The Bertz CT molecular complexity index is 540. The number of carbonyl (C=O) groups is 1. The van der Waals surface area contributed by atoms with Crippen LogP contribution in [0.2, 0.25) is 0 Å². The van der Waals surface area contributed by atoms with Gasteiger partial charge in [-0.25, -0.2) is 4.39 Å². The molecule has 1 amide bonds. The van der Waals surface area contributed by atoms with Crippen molar-refractivity contribution in [2.45, 2.75) is 19.4 Å². The number of H-pyrrole nitrogens is 1. The van der Waals surface area contributed by atoms with Gasteiger partial charge in [-0.1, -0.05) is 0 Å². The topological polar surface area (TPSA) is 67.0 Å². The molecule has 0 saturated heterocycles. The summed E-state index contributed by atoms with van der Waals surface area (Å²) in [4.78, 5) is 11.7. The van der Waals surface area contributed by atoms with E-state index in [0.717, 1.165) is 5.56 Å². The number of nitrogens with zero attached hydrogens (tertiary/aromatic N) is 1. The number of carbonyl (C=O) groups excluding carboxylic acids is 1. The summed E-state index contributed by atoms with van der Waals surface area (Å²) in [6.07, 6.45) is 3.64. The third-order valence-electron chi connectivity index (χ3n) is 2.81. The van der Waals surface area contributed by atoms with Gasteiger partial charge in [-0.2, -0.15) is 5.10 Å². The van der Waals surface area contributed by atoms with Crippen molar-refractivity contribution in [1.82, 2.24) is 15.5 Å². The summed E-state index contributed by atoms with van der Waals surface area (Å²) in [6.45, 7) is 2.12. The number of aromatic amines is 1. The highest BCUT2D eigenvalue weighted by atomic mass is 19.1. The van der Waals surface area contributed by atoms with Crippen LogP contribution in [0.4, 0.5) is 4.39 Å². The van der Waals surface area contributed by atoms with Crippen LogP contribution in [0.5, 0.6) is 5.75 Å². The van der Waals surface area contributed by atoms with Gasteiger partial charge in [0.25, 0.3) is 0 Å². The summed E-state index contributed by atoms with van der Waals surface area (Å²) in [5, 5.41) is 9.36. The number of halogens is 1. The van der Waals surface area contributed by atoms with E-state index in [-0.39, 0.29) is 30.8 Å². The monoisotopic (exact) mass is 277 g/mol. The molecule has 0 spiro atoms. The summed E-state index contributed by atoms with van der Waals surface area (Å²) >= 11 is 0. The lowest BCUT2D eigenvalue weighted by molar-refractivity contribution is -0.122. The second kappa shape index (κ2) is 6.70. The van der Waals surface area contributed by atoms with Gasteiger partial charge in [0.1, 0.15) is 11.6 Å². The van der Waals surface area contributed by atoms with Crippen molar-refractivity contribution >= 4 is 5.91 Å². The van der Waals surface area contributed by atoms with Gasteiger partial charge in [-0.05, 0) is 31.2 Å². The average molecular weight is 277 g/mol. The van der Waals surface area contributed by atoms with Crippen LogP contribution in [-0.4, -0.2) is 22.7 Å². The molecule has 1 unspecified atom stereocenters. The predicted molar refractivity (Wildman–Crippen MR) is 71.7 cm³/mol. The van der Waals surface area contributed by atoms with Crippen LogP contribution < -0.4 is 10.1 Å². The van der Waals surface area contributed by atoms with Crippen LogP contribution in [0.25, 0.3) is 0 Å². The summed E-state index contributed by atoms with van der Waals surface area (Å²) in [5.41, 5.74) is 0.915. The van der Waals surface area contributed by atoms with Crippen LogP contribution in [0.3, 0.4) is 0 Å². The third kappa shape index (κ3) is 4.08. The first-order valence-corrected chi connectivity index (χ1v) is 6.31. The SMILES string of the molecule is CC(NC(=O)CCOc1ccc(F)cc1)c1cn[nH]c1. The largest absolute Gasteiger partial charge is 0.493 e. The van der Waals surface area contributed by atoms with Crippen molar-refractivity contribution in [1.29, 1.82) is 0 Å². The lowest BCUT2D eigenvalue weighted by Gasteiger charge is -2.12. The Morgan fingerprint density at radius 2 is 2.20 bits per heavy atom. The molecule has 2 aromatic rings. The second-order valence-corrected chi connectivity index (χ2v) is 4.37. The van der Waals surface area contributed by atoms with Gasteiger partial charge >= 0.3 is 0 Å². The number of rotatable bonds is 6. The minimum atomic E-state index is -0.316. The minimum absolute atomic E-state index is 0.105. The summed E-state index contributed by atoms with van der Waals surface area (Å²) in [7, 11) is 0. The number of aromatic nitrogens is 2. The molecule has 0 saturated carbocycles. The average Bonchev–Trinajstić information content (AvgIpc) is 2.95. The maximum Gasteiger partial charge on any atom is 0.223 e. The lowest BCUT2D eigenvalue weighted by atomic mass is 10.2. The van der Waals surface area contributed by atoms with E-state index in [9.17, 15) is 9.18 Å². The molecule has 0 aliphatic carbocycles. The predicted octanol–water partition coefficient (Wildman–Crippen LogP) is 2.20. The van der Waals surface area contributed by atoms with Crippen molar-refractivity contribution in [3.05, 3.63) is 48.0 Å². The molecule has 20 heavy (non-hydrogen) atoms. The van der Waals surface area contributed by atoms with E-state index in [1.54, 1.807) is 12.4 Å². The Morgan fingerprint density at radius 1 is 1.45 bits per heavy atom. The molecule has 0 aliphatic rings. The van der Waals surface area contributed by atoms with Crippen LogP contribution in [0.1, 0.15) is 24.9 Å². The smallest absolute Gasteiger partial charge is 0.223 e. The molecule has 0 radical (unpaired) electrons. The highest BCUT2D eigenvalue weighted by molar-refractivity contribution is 5.76. The molecule has 1 heterocycles. The van der Waals surface area contributed by atoms with Gasteiger partial charge in [0.2, 0.25) is 5.91 Å². The number of ether oxygens (including phenoxy) is 1. The van der Waals surface area contributed by atoms with Crippen LogP contribution in [0.15, 0.2) is 36.7 Å². The van der Waals surface area contributed by atoms with Gasteiger partial charge in [0.05, 0.1) is 25.3 Å². The van der Waals surface area contributed by atoms with Crippen molar-refractivity contribution in [3.8, 4) is 5.75 Å². The fourth-order valence-corrected chi connectivity index (χ4v) is 1.69. The van der Waals surface area contributed by atoms with Crippen LogP contribution in [-0.2, 0) is 4.79 Å². The molecule has 2 N–H and O–H groups in total. The van der Waals surface area contributed by atoms with E-state index in [1.807, 2.05) is 6.92 Å². The first-order chi connectivity index (χ1) is 9.65. The molecule has 6 heteroatoms. The number of amides is 1. The van der Waals surface area contributed by atoms with Crippen molar-refractivity contribution in [2.75, 3.05) is 6.61 Å². The fourth-order valence-electron chi connectivity index (χ4n) is 1.69. The molecular formula is C14H16FN3O2. The van der Waals surface area contributed by atoms with Crippen molar-refractivity contribution in [2.24, 2.45) is 0 Å². The quantitative estimate of drug-likeness (QED) is 0.850. The first kappa shape index (κ1) is 14.0. The van der Waals surface area contributed by atoms with E-state index in [2.05, 4.69) is 15.5 Å². The standard InChI is InChI=1S/C14H16FN3O2/c1-10(11-8-16-17-9-11)18-14(19)6-7-20-13-4-2-12(15)3-5-13/h2-5,8-10H,6-7H2,1H3,(H,16,17)(H,18,19).